The van der Waals surface area contributed by atoms with Crippen molar-refractivity contribution in [3.63, 3.8) is 0 Å². The van der Waals surface area contributed by atoms with Crippen LogP contribution in [0.2, 0.25) is 0 Å². The van der Waals surface area contributed by atoms with E-state index in [0.29, 0.717) is 19.5 Å². The molecule has 1 aliphatic heterocycles. The third-order valence-corrected chi connectivity index (χ3v) is 6.34. The molecule has 0 bridgehead atoms. The van der Waals surface area contributed by atoms with Gasteiger partial charge in [-0.3, -0.25) is 20.2 Å². The molecular formula is C24H27N3O7S. The summed E-state index contributed by atoms with van der Waals surface area (Å²) in [5, 5.41) is 13.6. The molecule has 0 aliphatic carbocycles. The molecule has 1 saturated heterocycles. The molecule has 2 aromatic rings. The van der Waals surface area contributed by atoms with Gasteiger partial charge in [0.2, 0.25) is 6.73 Å². The summed E-state index contributed by atoms with van der Waals surface area (Å²) in [4.78, 5) is 36.2. The van der Waals surface area contributed by atoms with Crippen molar-refractivity contribution in [2.24, 2.45) is 0 Å². The number of non-ortho nitro benzene ring substituents is 1. The van der Waals surface area contributed by atoms with Gasteiger partial charge < -0.3 is 19.1 Å². The van der Waals surface area contributed by atoms with E-state index >= 15 is 0 Å². The van der Waals surface area contributed by atoms with Crippen LogP contribution in [0.4, 0.5) is 10.5 Å². The van der Waals surface area contributed by atoms with Crippen LogP contribution in [-0.2, 0) is 27.5 Å². The van der Waals surface area contributed by atoms with E-state index in [9.17, 15) is 19.7 Å². The highest BCUT2D eigenvalue weighted by Gasteiger charge is 2.37. The zero-order chi connectivity index (χ0) is 25.2. The Kier molecular flexibility index (Phi) is 9.88. The first-order valence-corrected chi connectivity index (χ1v) is 11.8. The van der Waals surface area contributed by atoms with Gasteiger partial charge in [-0.15, -0.1) is 0 Å². The summed E-state index contributed by atoms with van der Waals surface area (Å²) in [6.45, 7) is 5.23. The van der Waals surface area contributed by atoms with E-state index in [1.807, 2.05) is 12.1 Å². The summed E-state index contributed by atoms with van der Waals surface area (Å²) >= 11 is 1.22. The average Bonchev–Trinajstić information content (AvgIpc) is 3.24. The lowest BCUT2D eigenvalue weighted by atomic mass is 10.2. The highest BCUT2D eigenvalue weighted by Crippen LogP contribution is 2.28. The SMILES string of the molecule is COc1ccc(COC(=O)N2C[C@@H](SC(C)=O)C[C@H]2CN[C]OCc2ccc([N+](=O)[O-])cc2)cc1. The molecule has 2 atom stereocenters. The number of nitro benzene ring substituents is 1. The summed E-state index contributed by atoms with van der Waals surface area (Å²) in [5.41, 5.74) is 1.61. The van der Waals surface area contributed by atoms with Crippen LogP contribution in [0.3, 0.4) is 0 Å². The molecule has 1 amide bonds. The molecule has 10 nitrogen and oxygen atoms in total. The summed E-state index contributed by atoms with van der Waals surface area (Å²) in [6.07, 6.45) is 0.171. The number of hydrogen-bond acceptors (Lipinski definition) is 9. The Bertz CT molecular complexity index is 1000. The fraction of sp³-hybridized carbons (Fsp3) is 0.375. The fourth-order valence-electron chi connectivity index (χ4n) is 3.60. The van der Waals surface area contributed by atoms with E-state index < -0.39 is 11.0 Å². The number of carbonyl (C=O) groups is 2. The number of benzene rings is 2. The van der Waals surface area contributed by atoms with Gasteiger partial charge in [0.1, 0.15) is 12.4 Å². The van der Waals surface area contributed by atoms with Crippen molar-refractivity contribution in [2.45, 2.75) is 37.9 Å². The summed E-state index contributed by atoms with van der Waals surface area (Å²) in [5.74, 6) is 0.721. The molecule has 1 N–H and O–H groups in total. The Labute approximate surface area is 208 Å². The minimum absolute atomic E-state index is 0.000263. The molecule has 11 heteroatoms. The number of thioether (sulfide) groups is 1. The minimum Gasteiger partial charge on any atom is -0.497 e. The van der Waals surface area contributed by atoms with Crippen molar-refractivity contribution >= 4 is 28.7 Å². The van der Waals surface area contributed by atoms with Crippen molar-refractivity contribution in [2.75, 3.05) is 20.2 Å². The largest absolute Gasteiger partial charge is 0.497 e. The van der Waals surface area contributed by atoms with Gasteiger partial charge in [0.15, 0.2) is 5.12 Å². The van der Waals surface area contributed by atoms with Gasteiger partial charge in [-0.2, -0.15) is 0 Å². The maximum Gasteiger partial charge on any atom is 0.410 e. The molecular weight excluding hydrogens is 474 g/mol. The number of nitrogens with one attached hydrogen (secondary N) is 1. The van der Waals surface area contributed by atoms with Gasteiger partial charge in [-0.25, -0.2) is 4.79 Å². The molecule has 0 spiro atoms. The molecule has 1 fully saturated rings. The highest BCUT2D eigenvalue weighted by atomic mass is 32.2. The topological polar surface area (TPSA) is 120 Å². The minimum atomic E-state index is -0.461. The first-order chi connectivity index (χ1) is 16.9. The lowest BCUT2D eigenvalue weighted by molar-refractivity contribution is -0.384. The molecule has 3 rings (SSSR count). The van der Waals surface area contributed by atoms with E-state index in [2.05, 4.69) is 12.0 Å². The number of amides is 1. The Morgan fingerprint density at radius 3 is 2.43 bits per heavy atom. The zero-order valence-corrected chi connectivity index (χ0v) is 20.3. The normalized spacial score (nSPS) is 17.3. The summed E-state index contributed by atoms with van der Waals surface area (Å²) in [7, 11) is 1.58. The van der Waals surface area contributed by atoms with Gasteiger partial charge in [-0.1, -0.05) is 23.9 Å². The molecule has 35 heavy (non-hydrogen) atoms. The predicted molar refractivity (Wildman–Crippen MR) is 129 cm³/mol. The molecule has 2 radical (unpaired) electrons. The molecule has 186 valence electrons. The number of rotatable bonds is 11. The Morgan fingerprint density at radius 2 is 1.80 bits per heavy atom. The number of carbonyl (C=O) groups excluding carboxylic acids is 2. The molecule has 2 aromatic carbocycles. The number of ether oxygens (including phenoxy) is 3. The second kappa shape index (κ2) is 13.1. The first-order valence-electron chi connectivity index (χ1n) is 10.9. The summed E-state index contributed by atoms with van der Waals surface area (Å²) in [6, 6.07) is 13.1. The third-order valence-electron chi connectivity index (χ3n) is 5.33. The zero-order valence-electron chi connectivity index (χ0n) is 19.5. The second-order valence-corrected chi connectivity index (χ2v) is 9.35. The monoisotopic (exact) mass is 501 g/mol. The lowest BCUT2D eigenvalue weighted by Gasteiger charge is -2.24. The van der Waals surface area contributed by atoms with Crippen LogP contribution in [0.15, 0.2) is 48.5 Å². The number of hydrogen-bond donors (Lipinski definition) is 1. The molecule has 0 unspecified atom stereocenters. The highest BCUT2D eigenvalue weighted by molar-refractivity contribution is 8.14. The van der Waals surface area contributed by atoms with Gasteiger partial charge in [-0.05, 0) is 41.8 Å². The van der Waals surface area contributed by atoms with Crippen LogP contribution in [0, 0.1) is 16.8 Å². The van der Waals surface area contributed by atoms with Crippen molar-refractivity contribution in [1.29, 1.82) is 0 Å². The van der Waals surface area contributed by atoms with E-state index in [1.54, 1.807) is 36.3 Å². The molecule has 0 saturated carbocycles. The number of likely N-dealkylation sites (tertiary alicyclic amines) is 1. The van der Waals surface area contributed by atoms with Gasteiger partial charge in [0.05, 0.1) is 18.6 Å². The summed E-state index contributed by atoms with van der Waals surface area (Å²) < 4.78 is 16.0. The maximum atomic E-state index is 12.8. The van der Waals surface area contributed by atoms with E-state index in [4.69, 9.17) is 14.2 Å². The molecule has 1 heterocycles. The quantitative estimate of drug-likeness (QED) is 0.212. The van der Waals surface area contributed by atoms with Crippen LogP contribution in [-0.4, -0.2) is 52.5 Å². The smallest absolute Gasteiger partial charge is 0.410 e. The van der Waals surface area contributed by atoms with E-state index in [-0.39, 0.29) is 35.3 Å². The number of methoxy groups -OCH3 is 1. The van der Waals surface area contributed by atoms with Gasteiger partial charge in [0.25, 0.3) is 5.69 Å². The predicted octanol–water partition coefficient (Wildman–Crippen LogP) is 3.77. The van der Waals surface area contributed by atoms with Crippen LogP contribution < -0.4 is 10.1 Å². The van der Waals surface area contributed by atoms with Gasteiger partial charge in [0, 0.05) is 43.4 Å². The van der Waals surface area contributed by atoms with Crippen LogP contribution in [0.1, 0.15) is 24.5 Å². The average molecular weight is 502 g/mol. The number of nitro groups is 1. The van der Waals surface area contributed by atoms with E-state index in [0.717, 1.165) is 16.9 Å². The van der Waals surface area contributed by atoms with Crippen molar-refractivity contribution in [3.8, 4) is 5.75 Å². The molecule has 0 aromatic heterocycles. The maximum absolute atomic E-state index is 12.8. The van der Waals surface area contributed by atoms with Crippen molar-refractivity contribution < 1.29 is 28.7 Å². The van der Waals surface area contributed by atoms with Crippen molar-refractivity contribution in [1.82, 2.24) is 10.2 Å². The van der Waals surface area contributed by atoms with Gasteiger partial charge >= 0.3 is 6.09 Å². The van der Waals surface area contributed by atoms with Crippen LogP contribution in [0.25, 0.3) is 0 Å². The Hall–Kier alpha value is -3.15. The second-order valence-electron chi connectivity index (χ2n) is 7.87. The van der Waals surface area contributed by atoms with Crippen molar-refractivity contribution in [3.05, 3.63) is 76.5 Å². The van der Waals surface area contributed by atoms with Crippen LogP contribution in [0.5, 0.6) is 5.75 Å². The third kappa shape index (κ3) is 8.23. The lowest BCUT2D eigenvalue weighted by Crippen LogP contribution is -2.41. The van der Waals surface area contributed by atoms with Crippen LogP contribution >= 0.6 is 11.8 Å². The number of nitrogens with zero attached hydrogens (tertiary/aromatic N) is 2. The first kappa shape index (κ1) is 26.5. The van der Waals surface area contributed by atoms with E-state index in [1.165, 1.54) is 30.8 Å². The molecule has 1 aliphatic rings. The fourth-order valence-corrected chi connectivity index (χ4v) is 4.63. The Balaban J connectivity index is 1.47. The standard InChI is InChI=1S/C24H27N3O7S/c1-17(28)35-23-11-21(12-25-16-33-14-18-3-7-20(8-4-18)27(30)31)26(13-23)24(29)34-15-19-5-9-22(32-2)10-6-19/h3-10,21,23,25H,11-15H2,1-2H3/t21-,23-/m0/s1. The Morgan fingerprint density at radius 1 is 1.14 bits per heavy atom.